The smallest absolute Gasteiger partial charge is 0.249 e. The molecule has 0 saturated heterocycles. The number of halogens is 2. The van der Waals surface area contributed by atoms with E-state index in [0.29, 0.717) is 0 Å². The highest BCUT2D eigenvalue weighted by Gasteiger charge is 2.29. The maximum atomic E-state index is 13.0. The highest BCUT2D eigenvalue weighted by atomic mass is 35.5. The molecule has 0 fully saturated rings. The van der Waals surface area contributed by atoms with E-state index < -0.39 is 23.4 Å². The Bertz CT molecular complexity index is 725. The maximum Gasteiger partial charge on any atom is 0.249 e. The molecule has 1 aromatic carbocycles. The van der Waals surface area contributed by atoms with Gasteiger partial charge in [-0.25, -0.2) is 9.37 Å². The molecule has 106 valence electrons. The number of carbonyl (C=O) groups is 2. The Kier molecular flexibility index (Phi) is 4.30. The van der Waals surface area contributed by atoms with E-state index in [1.807, 2.05) is 0 Å². The Hall–Kier alpha value is -2.72. The summed E-state index contributed by atoms with van der Waals surface area (Å²) in [5.41, 5.74) is 0.0356. The van der Waals surface area contributed by atoms with Crippen LogP contribution >= 0.6 is 11.6 Å². The molecule has 1 amide bonds. The molecular formula is C13H7ClFN3O3. The number of Topliss-reactive ketones (excluding diaryl/α,β-unsaturated/α-hetero) is 1. The zero-order valence-corrected chi connectivity index (χ0v) is 11.1. The average molecular weight is 308 g/mol. The molecule has 1 atom stereocenters. The number of oxazole rings is 1. The van der Waals surface area contributed by atoms with Crippen LogP contribution in [0.25, 0.3) is 0 Å². The van der Waals surface area contributed by atoms with Crippen LogP contribution in [0.1, 0.15) is 10.5 Å². The van der Waals surface area contributed by atoms with Gasteiger partial charge in [-0.15, -0.1) is 0 Å². The molecule has 2 aromatic rings. The largest absolute Gasteiger partial charge is 0.451 e. The van der Waals surface area contributed by atoms with Gasteiger partial charge in [-0.05, 0) is 18.2 Å². The molecule has 8 heteroatoms. The van der Waals surface area contributed by atoms with Crippen LogP contribution < -0.4 is 5.32 Å². The SMILES string of the molecule is N#CC(C(=O)Nc1ccc(F)c(Cl)c1)C(=O)c1cocn1. The van der Waals surface area contributed by atoms with Gasteiger partial charge in [-0.2, -0.15) is 5.26 Å². The predicted molar refractivity (Wildman–Crippen MR) is 70.0 cm³/mol. The molecule has 1 unspecified atom stereocenters. The first kappa shape index (κ1) is 14.7. The van der Waals surface area contributed by atoms with Gasteiger partial charge in [0.2, 0.25) is 11.7 Å². The third-order valence-corrected chi connectivity index (χ3v) is 2.82. The molecule has 21 heavy (non-hydrogen) atoms. The number of rotatable bonds is 4. The molecule has 0 spiro atoms. The number of ketones is 1. The lowest BCUT2D eigenvalue weighted by molar-refractivity contribution is -0.117. The zero-order chi connectivity index (χ0) is 15.4. The van der Waals surface area contributed by atoms with Gasteiger partial charge in [0.25, 0.3) is 0 Å². The topological polar surface area (TPSA) is 96.0 Å². The molecule has 0 saturated carbocycles. The average Bonchev–Trinajstić information content (AvgIpc) is 2.97. The molecule has 6 nitrogen and oxygen atoms in total. The Balaban J connectivity index is 2.16. The summed E-state index contributed by atoms with van der Waals surface area (Å²) in [7, 11) is 0. The first-order chi connectivity index (χ1) is 10.0. The highest BCUT2D eigenvalue weighted by Crippen LogP contribution is 2.20. The van der Waals surface area contributed by atoms with Gasteiger partial charge in [0.1, 0.15) is 17.8 Å². The van der Waals surface area contributed by atoms with Crippen molar-refractivity contribution in [3.63, 3.8) is 0 Å². The van der Waals surface area contributed by atoms with Crippen molar-refractivity contribution in [2.24, 2.45) is 5.92 Å². The van der Waals surface area contributed by atoms with Crippen LogP contribution in [0.2, 0.25) is 5.02 Å². The van der Waals surface area contributed by atoms with Crippen molar-refractivity contribution in [3.8, 4) is 6.07 Å². The fourth-order valence-electron chi connectivity index (χ4n) is 1.51. The minimum absolute atomic E-state index is 0.131. The van der Waals surface area contributed by atoms with Crippen molar-refractivity contribution in [2.75, 3.05) is 5.32 Å². The molecule has 0 aliphatic heterocycles. The van der Waals surface area contributed by atoms with E-state index in [2.05, 4.69) is 14.7 Å². The summed E-state index contributed by atoms with van der Waals surface area (Å²) in [6.07, 6.45) is 2.05. The van der Waals surface area contributed by atoms with Crippen LogP contribution in [-0.2, 0) is 4.79 Å². The van der Waals surface area contributed by atoms with Gasteiger partial charge in [-0.1, -0.05) is 11.6 Å². The number of carbonyl (C=O) groups excluding carboxylic acids is 2. The minimum atomic E-state index is -1.60. The van der Waals surface area contributed by atoms with Gasteiger partial charge < -0.3 is 9.73 Å². The second-order valence-corrected chi connectivity index (χ2v) is 4.33. The van der Waals surface area contributed by atoms with Crippen molar-refractivity contribution < 1.29 is 18.4 Å². The van der Waals surface area contributed by atoms with E-state index in [1.165, 1.54) is 12.1 Å². The fraction of sp³-hybridized carbons (Fsp3) is 0.0769. The highest BCUT2D eigenvalue weighted by molar-refractivity contribution is 6.31. The van der Waals surface area contributed by atoms with Crippen LogP contribution in [0.15, 0.2) is 35.3 Å². The molecule has 1 heterocycles. The van der Waals surface area contributed by atoms with Crippen molar-refractivity contribution in [1.82, 2.24) is 4.98 Å². The predicted octanol–water partition coefficient (Wildman–Crippen LogP) is 2.43. The Morgan fingerprint density at radius 1 is 1.48 bits per heavy atom. The Morgan fingerprint density at radius 3 is 2.81 bits per heavy atom. The van der Waals surface area contributed by atoms with Gasteiger partial charge in [0.15, 0.2) is 12.3 Å². The maximum absolute atomic E-state index is 13.0. The summed E-state index contributed by atoms with van der Waals surface area (Å²) < 4.78 is 17.6. The molecule has 1 aromatic heterocycles. The summed E-state index contributed by atoms with van der Waals surface area (Å²) in [6, 6.07) is 5.07. The fourth-order valence-corrected chi connectivity index (χ4v) is 1.69. The van der Waals surface area contributed by atoms with E-state index in [4.69, 9.17) is 16.9 Å². The molecule has 0 radical (unpaired) electrons. The number of benzene rings is 1. The minimum Gasteiger partial charge on any atom is -0.451 e. The lowest BCUT2D eigenvalue weighted by Gasteiger charge is -2.08. The van der Waals surface area contributed by atoms with Crippen molar-refractivity contribution in [3.05, 3.63) is 47.4 Å². The van der Waals surface area contributed by atoms with Crippen LogP contribution in [0.5, 0.6) is 0 Å². The summed E-state index contributed by atoms with van der Waals surface area (Å²) >= 11 is 5.57. The monoisotopic (exact) mass is 307 g/mol. The molecule has 1 N–H and O–H groups in total. The van der Waals surface area contributed by atoms with Gasteiger partial charge in [-0.3, -0.25) is 9.59 Å². The molecule has 0 aliphatic carbocycles. The van der Waals surface area contributed by atoms with Crippen molar-refractivity contribution in [1.29, 1.82) is 5.26 Å². The van der Waals surface area contributed by atoms with Crippen molar-refractivity contribution in [2.45, 2.75) is 0 Å². The van der Waals surface area contributed by atoms with E-state index in [-0.39, 0.29) is 16.4 Å². The Labute approximate surface area is 123 Å². The quantitative estimate of drug-likeness (QED) is 0.691. The van der Waals surface area contributed by atoms with Gasteiger partial charge >= 0.3 is 0 Å². The second kappa shape index (κ2) is 6.15. The normalized spacial score (nSPS) is 11.5. The third kappa shape index (κ3) is 3.24. The van der Waals surface area contributed by atoms with Gasteiger partial charge in [0, 0.05) is 5.69 Å². The second-order valence-electron chi connectivity index (χ2n) is 3.92. The van der Waals surface area contributed by atoms with E-state index in [0.717, 1.165) is 18.7 Å². The molecule has 0 aliphatic rings. The molecule has 0 bridgehead atoms. The molecular weight excluding hydrogens is 301 g/mol. The van der Waals surface area contributed by atoms with Gasteiger partial charge in [0.05, 0.1) is 11.1 Å². The molecule has 2 rings (SSSR count). The first-order valence-corrected chi connectivity index (χ1v) is 5.98. The lowest BCUT2D eigenvalue weighted by atomic mass is 10.0. The summed E-state index contributed by atoms with van der Waals surface area (Å²) in [5.74, 6) is -3.91. The van der Waals surface area contributed by atoms with Crippen LogP contribution in [0.4, 0.5) is 10.1 Å². The number of amides is 1. The zero-order valence-electron chi connectivity index (χ0n) is 10.3. The summed E-state index contributed by atoms with van der Waals surface area (Å²) in [5, 5.41) is 11.1. The number of aromatic nitrogens is 1. The number of nitrogens with zero attached hydrogens (tertiary/aromatic N) is 2. The standard InChI is InChI=1S/C13H7ClFN3O3/c14-9-3-7(1-2-10(9)15)18-13(20)8(4-16)12(19)11-5-21-6-17-11/h1-3,5-6,8H,(H,18,20). The third-order valence-electron chi connectivity index (χ3n) is 2.53. The van der Waals surface area contributed by atoms with E-state index in [1.54, 1.807) is 6.07 Å². The number of nitrogens with one attached hydrogen (secondary N) is 1. The number of anilines is 1. The van der Waals surface area contributed by atoms with Crippen LogP contribution in [0, 0.1) is 23.1 Å². The number of hydrogen-bond donors (Lipinski definition) is 1. The van der Waals surface area contributed by atoms with Crippen molar-refractivity contribution >= 4 is 29.0 Å². The van der Waals surface area contributed by atoms with E-state index >= 15 is 0 Å². The summed E-state index contributed by atoms with van der Waals surface area (Å²) in [6.45, 7) is 0. The van der Waals surface area contributed by atoms with E-state index in [9.17, 15) is 14.0 Å². The first-order valence-electron chi connectivity index (χ1n) is 5.61. The lowest BCUT2D eigenvalue weighted by Crippen LogP contribution is -2.28. The number of hydrogen-bond acceptors (Lipinski definition) is 5. The van der Waals surface area contributed by atoms with Crippen LogP contribution in [-0.4, -0.2) is 16.7 Å². The number of nitriles is 1. The van der Waals surface area contributed by atoms with Crippen LogP contribution in [0.3, 0.4) is 0 Å². The Morgan fingerprint density at radius 2 is 2.24 bits per heavy atom. The summed E-state index contributed by atoms with van der Waals surface area (Å²) in [4.78, 5) is 27.4.